The second kappa shape index (κ2) is 4.66. The Balaban J connectivity index is 2.00. The fourth-order valence-corrected chi connectivity index (χ4v) is 2.60. The highest BCUT2D eigenvalue weighted by atomic mass is 19.1. The minimum absolute atomic E-state index is 0.188. The molecule has 1 aliphatic heterocycles. The van der Waals surface area contributed by atoms with Gasteiger partial charge >= 0.3 is 0 Å². The first kappa shape index (κ1) is 12.2. The molecule has 5 heteroatoms. The van der Waals surface area contributed by atoms with E-state index in [1.807, 2.05) is 24.1 Å². The van der Waals surface area contributed by atoms with Gasteiger partial charge in [0.05, 0.1) is 12.2 Å². The Labute approximate surface area is 111 Å². The maximum absolute atomic E-state index is 14.2. The van der Waals surface area contributed by atoms with Gasteiger partial charge in [-0.3, -0.25) is 0 Å². The number of fused-ring (bicyclic) bond motifs is 1. The molecule has 4 nitrogen and oxygen atoms in total. The van der Waals surface area contributed by atoms with Gasteiger partial charge in [-0.2, -0.15) is 0 Å². The molecule has 2 N–H and O–H groups in total. The summed E-state index contributed by atoms with van der Waals surface area (Å²) in [5.74, 6) is 0.750. The van der Waals surface area contributed by atoms with Gasteiger partial charge in [0.25, 0.3) is 0 Å². The number of nitrogens with two attached hydrogens (primary N) is 1. The smallest absolute Gasteiger partial charge is 0.146 e. The fourth-order valence-electron chi connectivity index (χ4n) is 2.60. The molecule has 2 heterocycles. The molecule has 0 radical (unpaired) electrons. The van der Waals surface area contributed by atoms with E-state index in [0.717, 1.165) is 24.5 Å². The Bertz CT molecular complexity index is 591. The van der Waals surface area contributed by atoms with Crippen LogP contribution >= 0.6 is 0 Å². The van der Waals surface area contributed by atoms with E-state index in [9.17, 15) is 4.39 Å². The molecule has 2 aromatic rings. The minimum atomic E-state index is -0.213. The molecule has 1 aromatic heterocycles. The van der Waals surface area contributed by atoms with Crippen molar-refractivity contribution in [3.8, 4) is 0 Å². The van der Waals surface area contributed by atoms with E-state index in [2.05, 4.69) is 9.55 Å². The predicted molar refractivity (Wildman–Crippen MR) is 72.3 cm³/mol. The SMILES string of the molecule is C[C@H](N)c1cccc(F)c1N1CCn2ccnc2C1. The summed E-state index contributed by atoms with van der Waals surface area (Å²) in [6.45, 7) is 4.09. The van der Waals surface area contributed by atoms with Gasteiger partial charge in [-0.05, 0) is 18.6 Å². The van der Waals surface area contributed by atoms with Gasteiger partial charge in [0.2, 0.25) is 0 Å². The molecule has 0 aliphatic carbocycles. The zero-order valence-corrected chi connectivity index (χ0v) is 10.9. The fraction of sp³-hybridized carbons (Fsp3) is 0.357. The lowest BCUT2D eigenvalue weighted by molar-refractivity contribution is 0.540. The van der Waals surface area contributed by atoms with Crippen LogP contribution in [-0.2, 0) is 13.1 Å². The summed E-state index contributed by atoms with van der Waals surface area (Å²) in [6.07, 6.45) is 3.74. The lowest BCUT2D eigenvalue weighted by Crippen LogP contribution is -2.35. The number of anilines is 1. The molecule has 1 aliphatic rings. The monoisotopic (exact) mass is 260 g/mol. The van der Waals surface area contributed by atoms with Crippen LogP contribution in [0.5, 0.6) is 0 Å². The third-order valence-electron chi connectivity index (χ3n) is 3.57. The zero-order valence-electron chi connectivity index (χ0n) is 10.9. The first-order valence-corrected chi connectivity index (χ1v) is 6.46. The quantitative estimate of drug-likeness (QED) is 0.899. The molecule has 0 bridgehead atoms. The molecular weight excluding hydrogens is 243 g/mol. The van der Waals surface area contributed by atoms with E-state index in [1.165, 1.54) is 6.07 Å². The van der Waals surface area contributed by atoms with Crippen LogP contribution in [0.25, 0.3) is 0 Å². The number of nitrogens with zero attached hydrogens (tertiary/aromatic N) is 3. The summed E-state index contributed by atoms with van der Waals surface area (Å²) in [6, 6.07) is 4.90. The Morgan fingerprint density at radius 1 is 1.37 bits per heavy atom. The summed E-state index contributed by atoms with van der Waals surface area (Å²) in [5.41, 5.74) is 7.42. The van der Waals surface area contributed by atoms with Crippen molar-refractivity contribution in [2.75, 3.05) is 11.4 Å². The summed E-state index contributed by atoms with van der Waals surface area (Å²) in [4.78, 5) is 6.33. The van der Waals surface area contributed by atoms with E-state index in [0.29, 0.717) is 12.2 Å². The maximum Gasteiger partial charge on any atom is 0.146 e. The van der Waals surface area contributed by atoms with Crippen LogP contribution in [0.4, 0.5) is 10.1 Å². The van der Waals surface area contributed by atoms with Gasteiger partial charge in [-0.25, -0.2) is 9.37 Å². The summed E-state index contributed by atoms with van der Waals surface area (Å²) >= 11 is 0. The normalized spacial score (nSPS) is 16.3. The van der Waals surface area contributed by atoms with E-state index >= 15 is 0 Å². The van der Waals surface area contributed by atoms with Crippen molar-refractivity contribution in [1.82, 2.24) is 9.55 Å². The van der Waals surface area contributed by atoms with Crippen molar-refractivity contribution in [3.63, 3.8) is 0 Å². The van der Waals surface area contributed by atoms with Crippen molar-refractivity contribution in [1.29, 1.82) is 0 Å². The molecule has 0 saturated carbocycles. The molecule has 0 fully saturated rings. The van der Waals surface area contributed by atoms with Crippen molar-refractivity contribution >= 4 is 5.69 Å². The first-order chi connectivity index (χ1) is 9.16. The zero-order chi connectivity index (χ0) is 13.4. The van der Waals surface area contributed by atoms with Gasteiger partial charge in [0, 0.05) is 31.5 Å². The standard InChI is InChI=1S/C14H17FN4/c1-10(16)11-3-2-4-12(15)14(11)19-8-7-18-6-5-17-13(18)9-19/h2-6,10H,7-9,16H2,1H3/t10-/m0/s1. The third kappa shape index (κ3) is 2.10. The number of hydrogen-bond acceptors (Lipinski definition) is 3. The topological polar surface area (TPSA) is 47.1 Å². The first-order valence-electron chi connectivity index (χ1n) is 6.46. The van der Waals surface area contributed by atoms with Gasteiger partial charge in [0.15, 0.2) is 0 Å². The Morgan fingerprint density at radius 2 is 2.21 bits per heavy atom. The van der Waals surface area contributed by atoms with Crippen molar-refractivity contribution in [3.05, 3.63) is 47.8 Å². The Hall–Kier alpha value is -1.88. The van der Waals surface area contributed by atoms with Gasteiger partial charge < -0.3 is 15.2 Å². The van der Waals surface area contributed by atoms with Crippen LogP contribution in [0, 0.1) is 5.82 Å². The summed E-state index contributed by atoms with van der Waals surface area (Å²) in [5, 5.41) is 0. The lowest BCUT2D eigenvalue weighted by atomic mass is 10.0. The second-order valence-electron chi connectivity index (χ2n) is 4.92. The van der Waals surface area contributed by atoms with Crippen LogP contribution in [0.2, 0.25) is 0 Å². The van der Waals surface area contributed by atoms with E-state index in [-0.39, 0.29) is 11.9 Å². The number of rotatable bonds is 2. The number of para-hydroxylation sites is 1. The third-order valence-corrected chi connectivity index (χ3v) is 3.57. The van der Waals surface area contributed by atoms with Crippen molar-refractivity contribution in [2.24, 2.45) is 5.73 Å². The number of benzene rings is 1. The van der Waals surface area contributed by atoms with Crippen LogP contribution in [-0.4, -0.2) is 16.1 Å². The van der Waals surface area contributed by atoms with E-state index in [4.69, 9.17) is 5.73 Å². The van der Waals surface area contributed by atoms with Crippen LogP contribution in [0.3, 0.4) is 0 Å². The highest BCUT2D eigenvalue weighted by Crippen LogP contribution is 2.30. The minimum Gasteiger partial charge on any atom is -0.360 e. The molecule has 3 rings (SSSR count). The molecule has 0 spiro atoms. The van der Waals surface area contributed by atoms with Crippen molar-refractivity contribution in [2.45, 2.75) is 26.1 Å². The predicted octanol–water partition coefficient (Wildman–Crippen LogP) is 2.06. The summed E-state index contributed by atoms with van der Waals surface area (Å²) < 4.78 is 16.3. The molecule has 19 heavy (non-hydrogen) atoms. The van der Waals surface area contributed by atoms with E-state index in [1.54, 1.807) is 12.3 Å². The average molecular weight is 260 g/mol. The number of imidazole rings is 1. The van der Waals surface area contributed by atoms with Crippen LogP contribution in [0.1, 0.15) is 24.4 Å². The molecule has 1 atom stereocenters. The largest absolute Gasteiger partial charge is 0.360 e. The van der Waals surface area contributed by atoms with Crippen LogP contribution in [0.15, 0.2) is 30.6 Å². The summed E-state index contributed by atoms with van der Waals surface area (Å²) in [7, 11) is 0. The second-order valence-corrected chi connectivity index (χ2v) is 4.92. The number of aromatic nitrogens is 2. The van der Waals surface area contributed by atoms with E-state index < -0.39 is 0 Å². The highest BCUT2D eigenvalue weighted by Gasteiger charge is 2.22. The lowest BCUT2D eigenvalue weighted by Gasteiger charge is -2.32. The van der Waals surface area contributed by atoms with Gasteiger partial charge in [-0.15, -0.1) is 0 Å². The van der Waals surface area contributed by atoms with Crippen molar-refractivity contribution < 1.29 is 4.39 Å². The average Bonchev–Trinajstić information content (AvgIpc) is 2.85. The number of hydrogen-bond donors (Lipinski definition) is 1. The molecule has 100 valence electrons. The molecule has 0 amide bonds. The molecule has 1 aromatic carbocycles. The van der Waals surface area contributed by atoms with Gasteiger partial charge in [-0.1, -0.05) is 12.1 Å². The molecular formula is C14H17FN4. The Morgan fingerprint density at radius 3 is 3.00 bits per heavy atom. The maximum atomic E-state index is 14.2. The highest BCUT2D eigenvalue weighted by molar-refractivity contribution is 5.56. The van der Waals surface area contributed by atoms with Crippen LogP contribution < -0.4 is 10.6 Å². The van der Waals surface area contributed by atoms with Gasteiger partial charge in [0.1, 0.15) is 11.6 Å². The molecule has 0 saturated heterocycles. The molecule has 0 unspecified atom stereocenters. The number of halogens is 1. The Kier molecular flexibility index (Phi) is 2.98.